The number of hydrogen-bond donors (Lipinski definition) is 1. The highest BCUT2D eigenvalue weighted by Gasteiger charge is 2.25. The zero-order valence-electron chi connectivity index (χ0n) is 9.59. The highest BCUT2D eigenvalue weighted by molar-refractivity contribution is 5.82. The smallest absolute Gasteiger partial charge is 0.143 e. The minimum Gasteiger partial charge on any atom is -0.328 e. The number of nitrogens with zero attached hydrogens (tertiary/aromatic N) is 3. The highest BCUT2D eigenvalue weighted by Crippen LogP contribution is 2.24. The van der Waals surface area contributed by atoms with Crippen LogP contribution in [0.1, 0.15) is 31.5 Å². The molecule has 1 aliphatic carbocycles. The van der Waals surface area contributed by atoms with E-state index >= 15 is 0 Å². The highest BCUT2D eigenvalue weighted by atomic mass is 16.1. The summed E-state index contributed by atoms with van der Waals surface area (Å²) >= 11 is 0. The van der Waals surface area contributed by atoms with Gasteiger partial charge in [-0.2, -0.15) is 5.10 Å². The summed E-state index contributed by atoms with van der Waals surface area (Å²) in [7, 11) is 1.81. The molecule has 1 aromatic heterocycles. The van der Waals surface area contributed by atoms with E-state index in [1.807, 2.05) is 7.05 Å². The van der Waals surface area contributed by atoms with Crippen molar-refractivity contribution >= 4 is 5.78 Å². The Hall–Kier alpha value is -1.23. The fraction of sp³-hybridized carbons (Fsp3) is 0.727. The summed E-state index contributed by atoms with van der Waals surface area (Å²) in [5, 5.41) is 3.96. The van der Waals surface area contributed by atoms with Gasteiger partial charge >= 0.3 is 0 Å². The fourth-order valence-corrected chi connectivity index (χ4v) is 2.30. The van der Waals surface area contributed by atoms with Gasteiger partial charge in [-0.15, -0.1) is 0 Å². The Morgan fingerprint density at radius 2 is 2.44 bits per heavy atom. The van der Waals surface area contributed by atoms with Crippen molar-refractivity contribution in [2.75, 3.05) is 0 Å². The molecule has 0 radical (unpaired) electrons. The summed E-state index contributed by atoms with van der Waals surface area (Å²) in [5.74, 6) is 1.12. The van der Waals surface area contributed by atoms with Crippen LogP contribution < -0.4 is 5.73 Å². The van der Waals surface area contributed by atoms with Gasteiger partial charge in [0.25, 0.3) is 0 Å². The van der Waals surface area contributed by atoms with Gasteiger partial charge in [-0.3, -0.25) is 9.48 Å². The topological polar surface area (TPSA) is 73.8 Å². The van der Waals surface area contributed by atoms with Crippen molar-refractivity contribution in [2.24, 2.45) is 18.7 Å². The normalized spacial score (nSPS) is 25.6. The number of hydrogen-bond acceptors (Lipinski definition) is 4. The van der Waals surface area contributed by atoms with Crippen LogP contribution in [0.25, 0.3) is 0 Å². The van der Waals surface area contributed by atoms with Crippen LogP contribution in [0.2, 0.25) is 0 Å². The molecule has 2 atom stereocenters. The molecule has 1 heterocycles. The lowest BCUT2D eigenvalue weighted by Gasteiger charge is -2.25. The molecule has 1 saturated carbocycles. The van der Waals surface area contributed by atoms with E-state index in [0.29, 0.717) is 6.42 Å². The van der Waals surface area contributed by atoms with Crippen molar-refractivity contribution in [1.82, 2.24) is 14.8 Å². The minimum atomic E-state index is 0.125. The molecule has 0 saturated heterocycles. The quantitative estimate of drug-likeness (QED) is 0.805. The Bertz CT molecular complexity index is 374. The van der Waals surface area contributed by atoms with Crippen LogP contribution in [0.3, 0.4) is 0 Å². The second kappa shape index (κ2) is 4.74. The number of rotatable bonds is 3. The second-order valence-corrected chi connectivity index (χ2v) is 4.57. The first-order chi connectivity index (χ1) is 7.66. The van der Waals surface area contributed by atoms with Gasteiger partial charge < -0.3 is 5.73 Å². The van der Waals surface area contributed by atoms with Gasteiger partial charge in [-0.1, -0.05) is 6.42 Å². The lowest BCUT2D eigenvalue weighted by molar-refractivity contribution is -0.123. The Morgan fingerprint density at radius 1 is 1.62 bits per heavy atom. The van der Waals surface area contributed by atoms with Crippen LogP contribution in [0.15, 0.2) is 6.33 Å². The van der Waals surface area contributed by atoms with Gasteiger partial charge in [0, 0.05) is 19.0 Å². The van der Waals surface area contributed by atoms with Gasteiger partial charge in [0.2, 0.25) is 0 Å². The van der Waals surface area contributed by atoms with Crippen LogP contribution in [0.5, 0.6) is 0 Å². The van der Waals surface area contributed by atoms with Crippen LogP contribution in [0.4, 0.5) is 0 Å². The number of carbonyl (C=O) groups excluding carboxylic acids is 1. The minimum absolute atomic E-state index is 0.125. The van der Waals surface area contributed by atoms with Crippen molar-refractivity contribution in [3.8, 4) is 0 Å². The fourth-order valence-electron chi connectivity index (χ4n) is 2.30. The van der Waals surface area contributed by atoms with E-state index in [-0.39, 0.29) is 17.7 Å². The van der Waals surface area contributed by atoms with Crippen LogP contribution in [-0.4, -0.2) is 26.6 Å². The summed E-state index contributed by atoms with van der Waals surface area (Å²) in [4.78, 5) is 16.1. The van der Waals surface area contributed by atoms with Gasteiger partial charge in [0.1, 0.15) is 17.9 Å². The molecule has 16 heavy (non-hydrogen) atoms. The van der Waals surface area contributed by atoms with Gasteiger partial charge in [0.15, 0.2) is 0 Å². The lowest BCUT2D eigenvalue weighted by atomic mass is 9.82. The summed E-state index contributed by atoms with van der Waals surface area (Å²) in [6.07, 6.45) is 5.79. The Labute approximate surface area is 95.0 Å². The molecule has 1 aliphatic rings. The average molecular weight is 222 g/mol. The maximum Gasteiger partial charge on any atom is 0.143 e. The molecule has 2 N–H and O–H groups in total. The third-order valence-electron chi connectivity index (χ3n) is 3.31. The Kier molecular flexibility index (Phi) is 3.33. The van der Waals surface area contributed by atoms with E-state index in [4.69, 9.17) is 5.73 Å². The van der Waals surface area contributed by atoms with Gasteiger partial charge in [-0.05, 0) is 19.3 Å². The molecule has 2 rings (SSSR count). The summed E-state index contributed by atoms with van der Waals surface area (Å²) in [6.45, 7) is 0. The van der Waals surface area contributed by atoms with E-state index in [2.05, 4.69) is 10.1 Å². The third kappa shape index (κ3) is 2.47. The summed E-state index contributed by atoms with van der Waals surface area (Å²) in [5.41, 5.74) is 5.88. The maximum absolute atomic E-state index is 12.0. The number of carbonyl (C=O) groups is 1. The van der Waals surface area contributed by atoms with Gasteiger partial charge in [0.05, 0.1) is 6.42 Å². The van der Waals surface area contributed by atoms with Crippen molar-refractivity contribution in [2.45, 2.75) is 38.1 Å². The SMILES string of the molecule is Cn1ncnc1CC(=O)C1CCCC(N)C1. The third-order valence-corrected chi connectivity index (χ3v) is 3.31. The van der Waals surface area contributed by atoms with E-state index in [9.17, 15) is 4.79 Å². The Balaban J connectivity index is 1.95. The molecule has 0 aliphatic heterocycles. The maximum atomic E-state index is 12.0. The standard InChI is InChI=1S/C11H18N4O/c1-15-11(13-7-14-15)6-10(16)8-3-2-4-9(12)5-8/h7-9H,2-6,12H2,1H3. The molecule has 5 heteroatoms. The van der Waals surface area contributed by atoms with Crippen molar-refractivity contribution < 1.29 is 4.79 Å². The molecule has 1 fully saturated rings. The Morgan fingerprint density at radius 3 is 3.06 bits per heavy atom. The van der Waals surface area contributed by atoms with E-state index in [1.165, 1.54) is 6.33 Å². The van der Waals surface area contributed by atoms with Crippen molar-refractivity contribution in [3.63, 3.8) is 0 Å². The van der Waals surface area contributed by atoms with E-state index < -0.39 is 0 Å². The van der Waals surface area contributed by atoms with Crippen molar-refractivity contribution in [3.05, 3.63) is 12.2 Å². The lowest BCUT2D eigenvalue weighted by Crippen LogP contribution is -2.32. The molecular weight excluding hydrogens is 204 g/mol. The van der Waals surface area contributed by atoms with Crippen LogP contribution >= 0.6 is 0 Å². The van der Waals surface area contributed by atoms with Crippen molar-refractivity contribution in [1.29, 1.82) is 0 Å². The first-order valence-electron chi connectivity index (χ1n) is 5.78. The molecule has 88 valence electrons. The number of Topliss-reactive ketones (excluding diaryl/α,β-unsaturated/α-hetero) is 1. The first-order valence-corrected chi connectivity index (χ1v) is 5.78. The first kappa shape index (κ1) is 11.3. The molecular formula is C11H18N4O. The molecule has 0 aromatic carbocycles. The zero-order valence-corrected chi connectivity index (χ0v) is 9.59. The molecule has 0 amide bonds. The number of nitrogens with two attached hydrogens (primary N) is 1. The molecule has 0 spiro atoms. The van der Waals surface area contributed by atoms with Crippen LogP contribution in [0, 0.1) is 5.92 Å². The number of aromatic nitrogens is 3. The molecule has 1 aromatic rings. The molecule has 2 unspecified atom stereocenters. The monoisotopic (exact) mass is 222 g/mol. The average Bonchev–Trinajstić information content (AvgIpc) is 2.64. The number of aryl methyl sites for hydroxylation is 1. The predicted molar refractivity (Wildman–Crippen MR) is 59.6 cm³/mol. The van der Waals surface area contributed by atoms with Crippen LogP contribution in [-0.2, 0) is 18.3 Å². The second-order valence-electron chi connectivity index (χ2n) is 4.57. The van der Waals surface area contributed by atoms with E-state index in [0.717, 1.165) is 31.5 Å². The molecule has 5 nitrogen and oxygen atoms in total. The number of ketones is 1. The van der Waals surface area contributed by atoms with Gasteiger partial charge in [-0.25, -0.2) is 4.98 Å². The summed E-state index contributed by atoms with van der Waals surface area (Å²) in [6, 6.07) is 0.196. The largest absolute Gasteiger partial charge is 0.328 e. The predicted octanol–water partition coefficient (Wildman–Crippen LogP) is 0.444. The van der Waals surface area contributed by atoms with E-state index in [1.54, 1.807) is 4.68 Å². The summed E-state index contributed by atoms with van der Waals surface area (Å²) < 4.78 is 1.65. The molecule has 0 bridgehead atoms. The zero-order chi connectivity index (χ0) is 11.5.